The molecular weight excluding hydrogens is 332 g/mol. The van der Waals surface area contributed by atoms with Gasteiger partial charge in [-0.25, -0.2) is 4.79 Å². The lowest BCUT2D eigenvalue weighted by Gasteiger charge is -2.27. The molecule has 2 aromatic heterocycles. The zero-order chi connectivity index (χ0) is 18.8. The van der Waals surface area contributed by atoms with Crippen molar-refractivity contribution in [3.8, 4) is 0 Å². The average Bonchev–Trinajstić information content (AvgIpc) is 3.10. The number of fused-ring (bicyclic) bond motifs is 1. The number of nitrogens with one attached hydrogen (secondary N) is 1. The molecule has 1 fully saturated rings. The average molecular weight is 360 g/mol. The van der Waals surface area contributed by atoms with Crippen LogP contribution in [0.15, 0.2) is 16.5 Å². The third kappa shape index (κ3) is 3.79. The van der Waals surface area contributed by atoms with Crippen LogP contribution in [-0.2, 0) is 16.6 Å². The van der Waals surface area contributed by atoms with Crippen molar-refractivity contribution in [1.29, 1.82) is 0 Å². The van der Waals surface area contributed by atoms with E-state index in [0.29, 0.717) is 11.3 Å². The largest absolute Gasteiger partial charge is 0.460 e. The lowest BCUT2D eigenvalue weighted by Crippen LogP contribution is -2.46. The van der Waals surface area contributed by atoms with Crippen LogP contribution in [0.4, 0.5) is 0 Å². The number of aromatic nitrogens is 1. The fourth-order valence-corrected chi connectivity index (χ4v) is 3.63. The Morgan fingerprint density at radius 2 is 1.92 bits per heavy atom. The monoisotopic (exact) mass is 360 g/mol. The number of furan rings is 1. The summed E-state index contributed by atoms with van der Waals surface area (Å²) in [4.78, 5) is 25.3. The van der Waals surface area contributed by atoms with E-state index in [1.807, 2.05) is 26.8 Å². The van der Waals surface area contributed by atoms with Crippen LogP contribution in [0, 0.1) is 12.8 Å². The van der Waals surface area contributed by atoms with Crippen molar-refractivity contribution in [1.82, 2.24) is 9.88 Å². The molecule has 0 unspecified atom stereocenters. The summed E-state index contributed by atoms with van der Waals surface area (Å²) in [6, 6.07) is 3.74. The van der Waals surface area contributed by atoms with E-state index in [9.17, 15) is 9.59 Å². The van der Waals surface area contributed by atoms with Crippen LogP contribution >= 0.6 is 0 Å². The fourth-order valence-electron chi connectivity index (χ4n) is 3.63. The van der Waals surface area contributed by atoms with Crippen molar-refractivity contribution in [2.24, 2.45) is 13.0 Å². The second-order valence-corrected chi connectivity index (χ2v) is 7.61. The molecule has 6 heteroatoms. The van der Waals surface area contributed by atoms with Gasteiger partial charge in [-0.15, -0.1) is 0 Å². The first-order valence-corrected chi connectivity index (χ1v) is 9.44. The predicted molar refractivity (Wildman–Crippen MR) is 99.0 cm³/mol. The Labute approximate surface area is 153 Å². The van der Waals surface area contributed by atoms with Gasteiger partial charge in [-0.1, -0.05) is 33.1 Å². The van der Waals surface area contributed by atoms with Crippen LogP contribution in [0.25, 0.3) is 11.1 Å². The van der Waals surface area contributed by atoms with Crippen LogP contribution in [0.3, 0.4) is 0 Å². The van der Waals surface area contributed by atoms with Gasteiger partial charge in [0.05, 0.1) is 5.52 Å². The number of carbonyl (C=O) groups excluding carboxylic acids is 2. The highest BCUT2D eigenvalue weighted by Crippen LogP contribution is 2.24. The molecule has 0 aromatic carbocycles. The Balaban J connectivity index is 1.71. The van der Waals surface area contributed by atoms with Crippen molar-refractivity contribution in [2.75, 3.05) is 0 Å². The van der Waals surface area contributed by atoms with Crippen molar-refractivity contribution in [3.05, 3.63) is 23.6 Å². The van der Waals surface area contributed by atoms with Gasteiger partial charge in [0.25, 0.3) is 5.91 Å². The minimum atomic E-state index is -0.799. The standard InChI is InChI=1S/C20H28N2O4/c1-12(2)18(19(23)21-14-8-6-5-7-9-14)26-20(24)16-11-17-15(22(16)4)10-13(3)25-17/h10-12,14,18H,5-9H2,1-4H3,(H,21,23)/t18-/m1/s1. The molecular formula is C20H28N2O4. The van der Waals surface area contributed by atoms with Gasteiger partial charge in [0.2, 0.25) is 0 Å². The number of esters is 1. The predicted octanol–water partition coefficient (Wildman–Crippen LogP) is 3.71. The molecule has 1 saturated carbocycles. The molecule has 2 aromatic rings. The van der Waals surface area contributed by atoms with E-state index in [0.717, 1.165) is 37.0 Å². The highest BCUT2D eigenvalue weighted by atomic mass is 16.5. The molecule has 0 bridgehead atoms. The number of hydrogen-bond donors (Lipinski definition) is 1. The van der Waals surface area contributed by atoms with E-state index in [2.05, 4.69) is 5.32 Å². The highest BCUT2D eigenvalue weighted by Gasteiger charge is 2.30. The molecule has 1 atom stereocenters. The molecule has 1 aliphatic rings. The number of ether oxygens (including phenoxy) is 1. The van der Waals surface area contributed by atoms with E-state index < -0.39 is 12.1 Å². The number of hydrogen-bond acceptors (Lipinski definition) is 4. The van der Waals surface area contributed by atoms with Gasteiger partial charge in [-0.3, -0.25) is 4.79 Å². The Morgan fingerprint density at radius 1 is 1.23 bits per heavy atom. The van der Waals surface area contributed by atoms with Crippen LogP contribution in [0.5, 0.6) is 0 Å². The normalized spacial score (nSPS) is 16.8. The zero-order valence-corrected chi connectivity index (χ0v) is 16.0. The van der Waals surface area contributed by atoms with E-state index in [-0.39, 0.29) is 17.9 Å². The number of aryl methyl sites for hydroxylation is 2. The maximum Gasteiger partial charge on any atom is 0.355 e. The van der Waals surface area contributed by atoms with Gasteiger partial charge in [-0.05, 0) is 25.7 Å². The topological polar surface area (TPSA) is 73.5 Å². The van der Waals surface area contributed by atoms with Gasteiger partial charge < -0.3 is 19.0 Å². The van der Waals surface area contributed by atoms with Crippen molar-refractivity contribution < 1.29 is 18.7 Å². The van der Waals surface area contributed by atoms with Gasteiger partial charge in [-0.2, -0.15) is 0 Å². The lowest BCUT2D eigenvalue weighted by atomic mass is 9.95. The summed E-state index contributed by atoms with van der Waals surface area (Å²) < 4.78 is 12.9. The van der Waals surface area contributed by atoms with E-state index in [4.69, 9.17) is 9.15 Å². The van der Waals surface area contributed by atoms with Crippen molar-refractivity contribution >= 4 is 23.0 Å². The Hall–Kier alpha value is -2.24. The van der Waals surface area contributed by atoms with Crippen LogP contribution < -0.4 is 5.32 Å². The molecule has 0 aliphatic heterocycles. The number of rotatable bonds is 5. The number of nitrogens with zero attached hydrogens (tertiary/aromatic N) is 1. The maximum atomic E-state index is 12.7. The SMILES string of the molecule is Cc1cc2c(cc(C(=O)O[C@@H](C(=O)NC3CCCCC3)C(C)C)n2C)o1. The minimum Gasteiger partial charge on any atom is -0.460 e. The van der Waals surface area contributed by atoms with Crippen LogP contribution in [-0.4, -0.2) is 28.6 Å². The van der Waals surface area contributed by atoms with Crippen molar-refractivity contribution in [3.63, 3.8) is 0 Å². The molecule has 142 valence electrons. The number of carbonyl (C=O) groups is 2. The van der Waals surface area contributed by atoms with Crippen LogP contribution in [0.1, 0.15) is 62.2 Å². The van der Waals surface area contributed by atoms with Gasteiger partial charge in [0.1, 0.15) is 11.5 Å². The molecule has 0 saturated heterocycles. The molecule has 3 rings (SSSR count). The third-order valence-electron chi connectivity index (χ3n) is 5.11. The van der Waals surface area contributed by atoms with Gasteiger partial charge in [0.15, 0.2) is 11.7 Å². The summed E-state index contributed by atoms with van der Waals surface area (Å²) >= 11 is 0. The first kappa shape index (κ1) is 18.5. The zero-order valence-electron chi connectivity index (χ0n) is 16.0. The Kier molecular flexibility index (Phi) is 5.39. The fraction of sp³-hybridized carbons (Fsp3) is 0.600. The first-order chi connectivity index (χ1) is 12.4. The molecule has 1 N–H and O–H groups in total. The summed E-state index contributed by atoms with van der Waals surface area (Å²) in [5.41, 5.74) is 1.86. The molecule has 2 heterocycles. The molecule has 26 heavy (non-hydrogen) atoms. The quantitative estimate of drug-likeness (QED) is 0.825. The smallest absolute Gasteiger partial charge is 0.355 e. The summed E-state index contributed by atoms with van der Waals surface area (Å²) in [5, 5.41) is 3.06. The Bertz CT molecular complexity index is 796. The lowest BCUT2D eigenvalue weighted by molar-refractivity contribution is -0.133. The van der Waals surface area contributed by atoms with E-state index >= 15 is 0 Å². The molecule has 1 amide bonds. The van der Waals surface area contributed by atoms with E-state index in [1.165, 1.54) is 6.42 Å². The second-order valence-electron chi connectivity index (χ2n) is 7.61. The summed E-state index contributed by atoms with van der Waals surface area (Å²) in [7, 11) is 1.79. The van der Waals surface area contributed by atoms with Crippen molar-refractivity contribution in [2.45, 2.75) is 65.0 Å². The maximum absolute atomic E-state index is 12.7. The molecule has 6 nitrogen and oxygen atoms in total. The Morgan fingerprint density at radius 3 is 2.54 bits per heavy atom. The van der Waals surface area contributed by atoms with Gasteiger partial charge in [0, 0.05) is 25.2 Å². The molecule has 0 spiro atoms. The van der Waals surface area contributed by atoms with Gasteiger partial charge >= 0.3 is 5.97 Å². The molecule has 0 radical (unpaired) electrons. The second kappa shape index (κ2) is 7.56. The highest BCUT2D eigenvalue weighted by molar-refractivity contribution is 5.95. The third-order valence-corrected chi connectivity index (χ3v) is 5.11. The summed E-state index contributed by atoms with van der Waals surface area (Å²) in [6.45, 7) is 5.64. The number of amides is 1. The molecule has 1 aliphatic carbocycles. The van der Waals surface area contributed by atoms with Crippen LogP contribution in [0.2, 0.25) is 0 Å². The summed E-state index contributed by atoms with van der Waals surface area (Å²) in [6.07, 6.45) is 4.70. The van der Waals surface area contributed by atoms with E-state index in [1.54, 1.807) is 17.7 Å². The minimum absolute atomic E-state index is 0.104. The summed E-state index contributed by atoms with van der Waals surface area (Å²) in [5.74, 6) is -0.0199. The first-order valence-electron chi connectivity index (χ1n) is 9.44.